The number of nitrogens with zero attached hydrogens (tertiary/aromatic N) is 1. The summed E-state index contributed by atoms with van der Waals surface area (Å²) >= 11 is 0. The van der Waals surface area contributed by atoms with Crippen molar-refractivity contribution in [3.05, 3.63) is 36.5 Å². The number of hydrogen-bond acceptors (Lipinski definition) is 3. The molecule has 0 radical (unpaired) electrons. The number of fused-ring (bicyclic) bond motifs is 1. The van der Waals surface area contributed by atoms with Gasteiger partial charge in [-0.2, -0.15) is 0 Å². The number of pyridine rings is 1. The molecule has 0 amide bonds. The summed E-state index contributed by atoms with van der Waals surface area (Å²) in [6, 6.07) is 10.2. The predicted octanol–water partition coefficient (Wildman–Crippen LogP) is 2.49. The van der Waals surface area contributed by atoms with Gasteiger partial charge in [0.2, 0.25) is 0 Å². The van der Waals surface area contributed by atoms with Crippen LogP contribution in [0.2, 0.25) is 0 Å². The second-order valence-corrected chi connectivity index (χ2v) is 4.58. The fourth-order valence-electron chi connectivity index (χ4n) is 2.44. The number of benzene rings is 1. The van der Waals surface area contributed by atoms with Gasteiger partial charge in [0.15, 0.2) is 0 Å². The first-order valence-corrected chi connectivity index (χ1v) is 6.10. The third-order valence-electron chi connectivity index (χ3n) is 3.38. The summed E-state index contributed by atoms with van der Waals surface area (Å²) in [4.78, 5) is 4.38. The second-order valence-electron chi connectivity index (χ2n) is 4.58. The van der Waals surface area contributed by atoms with E-state index in [1.807, 2.05) is 30.3 Å². The highest BCUT2D eigenvalue weighted by Crippen LogP contribution is 2.28. The summed E-state index contributed by atoms with van der Waals surface area (Å²) in [7, 11) is 0. The number of para-hydroxylation sites is 1. The minimum Gasteiger partial charge on any atom is -0.487 e. The lowest BCUT2D eigenvalue weighted by molar-refractivity contribution is 0.194. The molecule has 0 saturated heterocycles. The molecule has 1 fully saturated rings. The van der Waals surface area contributed by atoms with Crippen LogP contribution in [-0.2, 0) is 0 Å². The van der Waals surface area contributed by atoms with Crippen LogP contribution in [-0.4, -0.2) is 17.1 Å². The summed E-state index contributed by atoms with van der Waals surface area (Å²) < 4.78 is 6.01. The molecule has 1 aliphatic carbocycles. The quantitative estimate of drug-likeness (QED) is 0.859. The topological polar surface area (TPSA) is 48.1 Å². The van der Waals surface area contributed by atoms with Crippen LogP contribution in [0.15, 0.2) is 36.5 Å². The van der Waals surface area contributed by atoms with Gasteiger partial charge in [-0.15, -0.1) is 0 Å². The molecular formula is C14H16N2O. The zero-order valence-electron chi connectivity index (χ0n) is 9.67. The average molecular weight is 228 g/mol. The zero-order chi connectivity index (χ0) is 11.7. The molecule has 2 aromatic rings. The molecule has 1 aromatic carbocycles. The monoisotopic (exact) mass is 228 g/mol. The van der Waals surface area contributed by atoms with Crippen molar-refractivity contribution >= 4 is 10.9 Å². The van der Waals surface area contributed by atoms with Gasteiger partial charge >= 0.3 is 0 Å². The van der Waals surface area contributed by atoms with E-state index in [0.29, 0.717) is 0 Å². The molecule has 1 saturated carbocycles. The molecule has 3 rings (SSSR count). The van der Waals surface area contributed by atoms with Crippen LogP contribution in [0.25, 0.3) is 10.9 Å². The van der Waals surface area contributed by atoms with Crippen LogP contribution < -0.4 is 10.5 Å². The van der Waals surface area contributed by atoms with E-state index in [1.54, 1.807) is 6.20 Å². The van der Waals surface area contributed by atoms with Gasteiger partial charge in [0.25, 0.3) is 0 Å². The molecule has 88 valence electrons. The summed E-state index contributed by atoms with van der Waals surface area (Å²) in [5, 5.41) is 1.11. The smallest absolute Gasteiger partial charge is 0.146 e. The molecule has 0 aliphatic heterocycles. The zero-order valence-corrected chi connectivity index (χ0v) is 9.67. The summed E-state index contributed by atoms with van der Waals surface area (Å²) in [6.45, 7) is 0. The maximum Gasteiger partial charge on any atom is 0.146 e. The van der Waals surface area contributed by atoms with Gasteiger partial charge in [-0.25, -0.2) is 0 Å². The van der Waals surface area contributed by atoms with Gasteiger partial charge in [0, 0.05) is 17.6 Å². The first kappa shape index (κ1) is 10.5. The lowest BCUT2D eigenvalue weighted by Crippen LogP contribution is -2.33. The standard InChI is InChI=1S/C14H16N2O/c15-11-6-2-7-12(11)17-13-8-1-4-10-5-3-9-16-14(10)13/h1,3-5,8-9,11-12H,2,6-7,15H2. The van der Waals surface area contributed by atoms with Gasteiger partial charge in [0.05, 0.1) is 0 Å². The fourth-order valence-corrected chi connectivity index (χ4v) is 2.44. The highest BCUT2D eigenvalue weighted by atomic mass is 16.5. The van der Waals surface area contributed by atoms with Crippen LogP contribution in [0.5, 0.6) is 5.75 Å². The van der Waals surface area contributed by atoms with Crippen molar-refractivity contribution in [2.24, 2.45) is 5.73 Å². The molecule has 1 aromatic heterocycles. The lowest BCUT2D eigenvalue weighted by Gasteiger charge is -2.18. The Kier molecular flexibility index (Phi) is 2.69. The van der Waals surface area contributed by atoms with Gasteiger partial charge < -0.3 is 10.5 Å². The van der Waals surface area contributed by atoms with Crippen molar-refractivity contribution in [1.29, 1.82) is 0 Å². The van der Waals surface area contributed by atoms with Gasteiger partial charge in [-0.05, 0) is 31.4 Å². The van der Waals surface area contributed by atoms with E-state index < -0.39 is 0 Å². The molecule has 1 heterocycles. The van der Waals surface area contributed by atoms with Crippen molar-refractivity contribution in [3.8, 4) is 5.75 Å². The van der Waals surface area contributed by atoms with Crippen molar-refractivity contribution in [3.63, 3.8) is 0 Å². The van der Waals surface area contributed by atoms with E-state index in [9.17, 15) is 0 Å². The largest absolute Gasteiger partial charge is 0.487 e. The maximum absolute atomic E-state index is 6.03. The van der Waals surface area contributed by atoms with Crippen LogP contribution in [0.1, 0.15) is 19.3 Å². The van der Waals surface area contributed by atoms with Crippen molar-refractivity contribution in [1.82, 2.24) is 4.98 Å². The van der Waals surface area contributed by atoms with Crippen LogP contribution >= 0.6 is 0 Å². The first-order chi connectivity index (χ1) is 8.34. The Hall–Kier alpha value is -1.61. The number of rotatable bonds is 2. The van der Waals surface area contributed by atoms with E-state index in [2.05, 4.69) is 4.98 Å². The van der Waals surface area contributed by atoms with Crippen molar-refractivity contribution in [2.75, 3.05) is 0 Å². The highest BCUT2D eigenvalue weighted by molar-refractivity contribution is 5.84. The Morgan fingerprint density at radius 2 is 2.06 bits per heavy atom. The Bertz CT molecular complexity index is 521. The number of ether oxygens (including phenoxy) is 1. The third kappa shape index (κ3) is 1.98. The van der Waals surface area contributed by atoms with Crippen LogP contribution in [0, 0.1) is 0 Å². The molecule has 3 heteroatoms. The Morgan fingerprint density at radius 1 is 1.18 bits per heavy atom. The second kappa shape index (κ2) is 4.34. The Balaban J connectivity index is 1.94. The summed E-state index contributed by atoms with van der Waals surface area (Å²) in [5.41, 5.74) is 6.95. The van der Waals surface area contributed by atoms with E-state index in [-0.39, 0.29) is 12.1 Å². The minimum atomic E-state index is 0.141. The van der Waals surface area contributed by atoms with Gasteiger partial charge in [-0.3, -0.25) is 4.98 Å². The van der Waals surface area contributed by atoms with E-state index in [0.717, 1.165) is 35.9 Å². The minimum absolute atomic E-state index is 0.141. The lowest BCUT2D eigenvalue weighted by atomic mass is 10.2. The van der Waals surface area contributed by atoms with Crippen molar-refractivity contribution in [2.45, 2.75) is 31.4 Å². The number of hydrogen-bond donors (Lipinski definition) is 1. The first-order valence-electron chi connectivity index (χ1n) is 6.10. The van der Waals surface area contributed by atoms with E-state index in [4.69, 9.17) is 10.5 Å². The number of aromatic nitrogens is 1. The van der Waals surface area contributed by atoms with E-state index in [1.165, 1.54) is 0 Å². The predicted molar refractivity (Wildman–Crippen MR) is 68.0 cm³/mol. The van der Waals surface area contributed by atoms with Crippen LogP contribution in [0.3, 0.4) is 0 Å². The van der Waals surface area contributed by atoms with Gasteiger partial charge in [0.1, 0.15) is 17.4 Å². The SMILES string of the molecule is NC1CCCC1Oc1cccc2cccnc12. The molecular weight excluding hydrogens is 212 g/mol. The Morgan fingerprint density at radius 3 is 2.88 bits per heavy atom. The molecule has 17 heavy (non-hydrogen) atoms. The molecule has 0 spiro atoms. The molecule has 1 aliphatic rings. The third-order valence-corrected chi connectivity index (χ3v) is 3.38. The summed E-state index contributed by atoms with van der Waals surface area (Å²) in [5.74, 6) is 0.852. The normalized spacial score (nSPS) is 24.1. The van der Waals surface area contributed by atoms with Gasteiger partial charge in [-0.1, -0.05) is 18.2 Å². The Labute approximate surface area is 101 Å². The van der Waals surface area contributed by atoms with E-state index >= 15 is 0 Å². The fraction of sp³-hybridized carbons (Fsp3) is 0.357. The van der Waals surface area contributed by atoms with Crippen molar-refractivity contribution < 1.29 is 4.74 Å². The average Bonchev–Trinajstić information content (AvgIpc) is 2.76. The highest BCUT2D eigenvalue weighted by Gasteiger charge is 2.26. The number of nitrogens with two attached hydrogens (primary N) is 1. The molecule has 0 bridgehead atoms. The molecule has 3 nitrogen and oxygen atoms in total. The maximum atomic E-state index is 6.03. The molecule has 2 N–H and O–H groups in total. The molecule has 2 atom stereocenters. The molecule has 2 unspecified atom stereocenters. The summed E-state index contributed by atoms with van der Waals surface area (Å²) in [6.07, 6.45) is 5.20. The van der Waals surface area contributed by atoms with Crippen LogP contribution in [0.4, 0.5) is 0 Å².